The van der Waals surface area contributed by atoms with Gasteiger partial charge in [-0.1, -0.05) is 38.1 Å². The van der Waals surface area contributed by atoms with Crippen molar-refractivity contribution in [2.24, 2.45) is 5.92 Å². The number of hydrogen-bond donors (Lipinski definition) is 1. The van der Waals surface area contributed by atoms with Gasteiger partial charge in [0.25, 0.3) is 0 Å². The van der Waals surface area contributed by atoms with Crippen molar-refractivity contribution in [3.05, 3.63) is 36.0 Å². The quantitative estimate of drug-likeness (QED) is 0.874. The summed E-state index contributed by atoms with van der Waals surface area (Å²) in [6.07, 6.45) is 3.18. The maximum atomic E-state index is 4.74. The standard InChI is InChI=1S/C18H27N3/c1-13(2)10-14(3)21(5)18-17-9-7-6-8-16(17)15(11-19-4)12-20-18/h6-9,12-14,19H,10-11H2,1-5H3. The maximum absolute atomic E-state index is 4.74. The van der Waals surface area contributed by atoms with Crippen LogP contribution in [0.25, 0.3) is 10.8 Å². The second-order valence-corrected chi connectivity index (χ2v) is 6.27. The summed E-state index contributed by atoms with van der Waals surface area (Å²) in [7, 11) is 4.12. The van der Waals surface area contributed by atoms with Crippen LogP contribution >= 0.6 is 0 Å². The van der Waals surface area contributed by atoms with Crippen LogP contribution in [0.5, 0.6) is 0 Å². The molecule has 2 aromatic rings. The summed E-state index contributed by atoms with van der Waals surface area (Å²) in [4.78, 5) is 7.05. The van der Waals surface area contributed by atoms with Gasteiger partial charge in [-0.25, -0.2) is 4.98 Å². The van der Waals surface area contributed by atoms with E-state index in [0.29, 0.717) is 12.0 Å². The molecule has 0 radical (unpaired) electrons. The normalized spacial score (nSPS) is 12.9. The minimum absolute atomic E-state index is 0.482. The molecule has 1 atom stereocenters. The van der Waals surface area contributed by atoms with Crippen LogP contribution < -0.4 is 10.2 Å². The first-order valence-corrected chi connectivity index (χ1v) is 7.78. The van der Waals surface area contributed by atoms with E-state index in [9.17, 15) is 0 Å². The largest absolute Gasteiger partial charge is 0.356 e. The highest BCUT2D eigenvalue weighted by atomic mass is 15.2. The van der Waals surface area contributed by atoms with Crippen molar-refractivity contribution in [2.75, 3.05) is 19.0 Å². The van der Waals surface area contributed by atoms with Crippen LogP contribution in [0.15, 0.2) is 30.5 Å². The van der Waals surface area contributed by atoms with E-state index in [-0.39, 0.29) is 0 Å². The lowest BCUT2D eigenvalue weighted by Gasteiger charge is -2.28. The van der Waals surface area contributed by atoms with E-state index in [2.05, 4.69) is 62.3 Å². The van der Waals surface area contributed by atoms with E-state index in [0.717, 1.165) is 12.4 Å². The summed E-state index contributed by atoms with van der Waals surface area (Å²) in [6, 6.07) is 9.04. The predicted octanol–water partition coefficient (Wildman–Crippen LogP) is 3.83. The summed E-state index contributed by atoms with van der Waals surface area (Å²) in [5, 5.41) is 5.75. The van der Waals surface area contributed by atoms with Crippen LogP contribution in [0.4, 0.5) is 5.82 Å². The fraction of sp³-hybridized carbons (Fsp3) is 0.500. The van der Waals surface area contributed by atoms with Gasteiger partial charge in [0.1, 0.15) is 5.82 Å². The Kier molecular flexibility index (Phi) is 5.18. The molecule has 0 saturated heterocycles. The first kappa shape index (κ1) is 15.8. The minimum atomic E-state index is 0.482. The van der Waals surface area contributed by atoms with Gasteiger partial charge in [-0.2, -0.15) is 0 Å². The summed E-state index contributed by atoms with van der Waals surface area (Å²) >= 11 is 0. The van der Waals surface area contributed by atoms with Gasteiger partial charge in [-0.05, 0) is 37.3 Å². The molecule has 0 spiro atoms. The number of pyridine rings is 1. The van der Waals surface area contributed by atoms with Gasteiger partial charge in [0.05, 0.1) is 0 Å². The van der Waals surface area contributed by atoms with Crippen molar-refractivity contribution in [1.29, 1.82) is 0 Å². The molecule has 0 saturated carbocycles. The molecule has 0 bridgehead atoms. The summed E-state index contributed by atoms with van der Waals surface area (Å²) in [5.41, 5.74) is 1.25. The Labute approximate surface area is 128 Å². The van der Waals surface area contributed by atoms with Gasteiger partial charge in [0.15, 0.2) is 0 Å². The van der Waals surface area contributed by atoms with Crippen molar-refractivity contribution >= 4 is 16.6 Å². The Morgan fingerprint density at radius 2 is 1.81 bits per heavy atom. The van der Waals surface area contributed by atoms with Gasteiger partial charge >= 0.3 is 0 Å². The number of anilines is 1. The number of nitrogens with zero attached hydrogens (tertiary/aromatic N) is 2. The molecule has 0 aliphatic carbocycles. The number of benzene rings is 1. The Morgan fingerprint density at radius 1 is 1.14 bits per heavy atom. The minimum Gasteiger partial charge on any atom is -0.356 e. The fourth-order valence-corrected chi connectivity index (χ4v) is 2.90. The second-order valence-electron chi connectivity index (χ2n) is 6.27. The van der Waals surface area contributed by atoms with Gasteiger partial charge < -0.3 is 10.2 Å². The van der Waals surface area contributed by atoms with E-state index < -0.39 is 0 Å². The van der Waals surface area contributed by atoms with Crippen LogP contribution in [0.2, 0.25) is 0 Å². The van der Waals surface area contributed by atoms with E-state index in [1.54, 1.807) is 0 Å². The predicted molar refractivity (Wildman–Crippen MR) is 91.8 cm³/mol. The molecule has 3 nitrogen and oxygen atoms in total. The van der Waals surface area contributed by atoms with Crippen molar-refractivity contribution in [3.8, 4) is 0 Å². The Balaban J connectivity index is 2.43. The SMILES string of the molecule is CNCc1cnc(N(C)C(C)CC(C)C)c2ccccc12. The monoisotopic (exact) mass is 285 g/mol. The van der Waals surface area contributed by atoms with Crippen molar-refractivity contribution in [2.45, 2.75) is 39.8 Å². The Hall–Kier alpha value is -1.61. The molecule has 1 aromatic heterocycles. The molecule has 1 unspecified atom stereocenters. The molecule has 1 heterocycles. The number of fused-ring (bicyclic) bond motifs is 1. The van der Waals surface area contributed by atoms with E-state index in [1.165, 1.54) is 22.8 Å². The van der Waals surface area contributed by atoms with E-state index in [4.69, 9.17) is 4.98 Å². The number of nitrogens with one attached hydrogen (secondary N) is 1. The molecular weight excluding hydrogens is 258 g/mol. The third kappa shape index (κ3) is 3.53. The van der Waals surface area contributed by atoms with Crippen LogP contribution in [-0.4, -0.2) is 25.1 Å². The van der Waals surface area contributed by atoms with Gasteiger partial charge in [-0.15, -0.1) is 0 Å². The molecule has 0 fully saturated rings. The third-order valence-corrected chi connectivity index (χ3v) is 4.03. The third-order valence-electron chi connectivity index (χ3n) is 4.03. The molecule has 2 rings (SSSR count). The Bertz CT molecular complexity index is 592. The lowest BCUT2D eigenvalue weighted by molar-refractivity contribution is 0.502. The molecule has 114 valence electrons. The highest BCUT2D eigenvalue weighted by Gasteiger charge is 2.16. The fourth-order valence-electron chi connectivity index (χ4n) is 2.90. The van der Waals surface area contributed by atoms with Crippen LogP contribution in [0.3, 0.4) is 0 Å². The average molecular weight is 285 g/mol. The first-order valence-electron chi connectivity index (χ1n) is 7.78. The van der Waals surface area contributed by atoms with Gasteiger partial charge in [-0.3, -0.25) is 0 Å². The molecule has 1 N–H and O–H groups in total. The lowest BCUT2D eigenvalue weighted by Crippen LogP contribution is -2.31. The highest BCUT2D eigenvalue weighted by molar-refractivity contribution is 5.94. The topological polar surface area (TPSA) is 28.2 Å². The first-order chi connectivity index (χ1) is 10.0. The van der Waals surface area contributed by atoms with Crippen LogP contribution in [-0.2, 0) is 6.54 Å². The molecule has 0 aliphatic rings. The number of rotatable bonds is 6. The summed E-state index contributed by atoms with van der Waals surface area (Å²) in [6.45, 7) is 7.66. The zero-order chi connectivity index (χ0) is 15.4. The van der Waals surface area contributed by atoms with Gasteiger partial charge in [0.2, 0.25) is 0 Å². The number of hydrogen-bond acceptors (Lipinski definition) is 3. The van der Waals surface area contributed by atoms with E-state index >= 15 is 0 Å². The van der Waals surface area contributed by atoms with Gasteiger partial charge in [0, 0.05) is 31.2 Å². The highest BCUT2D eigenvalue weighted by Crippen LogP contribution is 2.28. The Morgan fingerprint density at radius 3 is 2.43 bits per heavy atom. The van der Waals surface area contributed by atoms with Crippen molar-refractivity contribution < 1.29 is 0 Å². The zero-order valence-corrected chi connectivity index (χ0v) is 13.9. The molecular formula is C18H27N3. The van der Waals surface area contributed by atoms with Crippen LogP contribution in [0.1, 0.15) is 32.8 Å². The number of aromatic nitrogens is 1. The average Bonchev–Trinajstić information content (AvgIpc) is 2.46. The molecule has 3 heteroatoms. The van der Waals surface area contributed by atoms with E-state index in [1.807, 2.05) is 13.2 Å². The van der Waals surface area contributed by atoms with Crippen molar-refractivity contribution in [3.63, 3.8) is 0 Å². The summed E-state index contributed by atoms with van der Waals surface area (Å²) in [5.74, 6) is 1.77. The molecule has 1 aromatic carbocycles. The molecule has 0 amide bonds. The maximum Gasteiger partial charge on any atom is 0.136 e. The molecule has 0 aliphatic heterocycles. The second kappa shape index (κ2) is 6.90. The van der Waals surface area contributed by atoms with Crippen LogP contribution in [0, 0.1) is 5.92 Å². The summed E-state index contributed by atoms with van der Waals surface area (Å²) < 4.78 is 0. The zero-order valence-electron chi connectivity index (χ0n) is 13.9. The smallest absolute Gasteiger partial charge is 0.136 e. The molecule has 21 heavy (non-hydrogen) atoms. The van der Waals surface area contributed by atoms with Crippen molar-refractivity contribution in [1.82, 2.24) is 10.3 Å². The lowest BCUT2D eigenvalue weighted by atomic mass is 10.0.